The fourth-order valence-corrected chi connectivity index (χ4v) is 3.20. The van der Waals surface area contributed by atoms with Gasteiger partial charge in [0.2, 0.25) is 5.91 Å². The first-order chi connectivity index (χ1) is 12.8. The highest BCUT2D eigenvalue weighted by Gasteiger charge is 2.19. The summed E-state index contributed by atoms with van der Waals surface area (Å²) < 4.78 is 27.5. The quantitative estimate of drug-likeness (QED) is 0.554. The number of hydrogen-bond donors (Lipinski definition) is 3. The summed E-state index contributed by atoms with van der Waals surface area (Å²) in [6.45, 7) is 0.00703. The predicted molar refractivity (Wildman–Crippen MR) is 101 cm³/mol. The molecule has 0 aliphatic carbocycles. The minimum atomic E-state index is -0.658. The zero-order valence-corrected chi connectivity index (χ0v) is 15.6. The van der Waals surface area contributed by atoms with Gasteiger partial charge in [0.25, 0.3) is 5.91 Å². The lowest BCUT2D eigenvalue weighted by Gasteiger charge is -2.14. The van der Waals surface area contributed by atoms with Crippen molar-refractivity contribution < 1.29 is 18.4 Å². The first kappa shape index (κ1) is 19.0. The van der Waals surface area contributed by atoms with E-state index in [1.54, 1.807) is 18.2 Å². The van der Waals surface area contributed by atoms with Crippen molar-refractivity contribution in [2.45, 2.75) is 6.42 Å². The number of nitrogens with one attached hydrogen (secondary N) is 2. The van der Waals surface area contributed by atoms with Gasteiger partial charge in [-0.3, -0.25) is 9.59 Å². The van der Waals surface area contributed by atoms with Crippen molar-refractivity contribution in [1.29, 1.82) is 0 Å². The van der Waals surface area contributed by atoms with E-state index in [0.717, 1.165) is 5.56 Å². The Morgan fingerprint density at radius 3 is 2.52 bits per heavy atom. The van der Waals surface area contributed by atoms with E-state index in [9.17, 15) is 18.4 Å². The Bertz CT molecular complexity index is 1000. The van der Waals surface area contributed by atoms with Gasteiger partial charge in [-0.1, -0.05) is 28.1 Å². The highest BCUT2D eigenvalue weighted by atomic mass is 79.9. The van der Waals surface area contributed by atoms with Gasteiger partial charge in [-0.2, -0.15) is 0 Å². The van der Waals surface area contributed by atoms with E-state index in [1.165, 1.54) is 24.3 Å². The van der Waals surface area contributed by atoms with Gasteiger partial charge in [0.1, 0.15) is 17.3 Å². The molecule has 0 fully saturated rings. The highest BCUT2D eigenvalue weighted by Crippen LogP contribution is 2.24. The lowest BCUT2D eigenvalue weighted by Crippen LogP contribution is -2.37. The maximum Gasteiger partial charge on any atom is 0.267 e. The van der Waals surface area contributed by atoms with Crippen molar-refractivity contribution in [3.05, 3.63) is 69.8 Å². The largest absolute Gasteiger partial charge is 0.369 e. The number of carbonyl (C=O) groups excluding carboxylic acids is 2. The molecule has 3 rings (SSSR count). The third-order valence-corrected chi connectivity index (χ3v) is 4.66. The van der Waals surface area contributed by atoms with Gasteiger partial charge in [0.15, 0.2) is 0 Å². The molecule has 5 nitrogen and oxygen atoms in total. The van der Waals surface area contributed by atoms with Crippen molar-refractivity contribution in [3.63, 3.8) is 0 Å². The molecule has 2 aromatic carbocycles. The second kappa shape index (κ2) is 7.87. The van der Waals surface area contributed by atoms with Crippen LogP contribution in [0, 0.1) is 17.6 Å². The number of nitrogens with two attached hydrogens (primary N) is 1. The molecule has 27 heavy (non-hydrogen) atoms. The molecule has 1 unspecified atom stereocenters. The van der Waals surface area contributed by atoms with Crippen LogP contribution in [0.5, 0.6) is 0 Å². The standard InChI is InChI=1S/C19H16BrF2N3O2/c20-12-6-15(22)14-8-17(25-16(14)7-12)19(27)24-9-11(18(23)26)5-10-1-3-13(21)4-2-10/h1-4,6-8,11,25H,5,9H2,(H2,23,26)(H,24,27). The van der Waals surface area contributed by atoms with Gasteiger partial charge in [0, 0.05) is 16.4 Å². The second-order valence-corrected chi connectivity index (χ2v) is 7.09. The second-order valence-electron chi connectivity index (χ2n) is 6.17. The molecule has 1 atom stereocenters. The van der Waals surface area contributed by atoms with E-state index >= 15 is 0 Å². The molecule has 2 amide bonds. The van der Waals surface area contributed by atoms with Gasteiger partial charge in [-0.15, -0.1) is 0 Å². The molecule has 3 aromatic rings. The predicted octanol–water partition coefficient (Wildman–Crippen LogP) is 3.28. The number of aromatic amines is 1. The number of rotatable bonds is 6. The third kappa shape index (κ3) is 4.51. The highest BCUT2D eigenvalue weighted by molar-refractivity contribution is 9.10. The molecule has 1 heterocycles. The Labute approximate surface area is 162 Å². The average molecular weight is 436 g/mol. The number of H-pyrrole nitrogens is 1. The van der Waals surface area contributed by atoms with Gasteiger partial charge in [0.05, 0.1) is 11.4 Å². The van der Waals surface area contributed by atoms with Crippen molar-refractivity contribution in [2.24, 2.45) is 11.7 Å². The Morgan fingerprint density at radius 1 is 1.15 bits per heavy atom. The Hall–Kier alpha value is -2.74. The summed E-state index contributed by atoms with van der Waals surface area (Å²) >= 11 is 3.20. The molecule has 0 saturated carbocycles. The Morgan fingerprint density at radius 2 is 1.85 bits per heavy atom. The monoisotopic (exact) mass is 435 g/mol. The van der Waals surface area contributed by atoms with Crippen molar-refractivity contribution in [3.8, 4) is 0 Å². The molecular weight excluding hydrogens is 420 g/mol. The van der Waals surface area contributed by atoms with Crippen molar-refractivity contribution >= 4 is 38.6 Å². The molecule has 8 heteroatoms. The Kier molecular flexibility index (Phi) is 5.55. The smallest absolute Gasteiger partial charge is 0.267 e. The molecule has 140 valence electrons. The third-order valence-electron chi connectivity index (χ3n) is 4.20. The van der Waals surface area contributed by atoms with Gasteiger partial charge >= 0.3 is 0 Å². The first-order valence-electron chi connectivity index (χ1n) is 8.13. The van der Waals surface area contributed by atoms with E-state index in [4.69, 9.17) is 5.73 Å². The van der Waals surface area contributed by atoms with Crippen molar-refractivity contribution in [1.82, 2.24) is 10.3 Å². The maximum atomic E-state index is 13.9. The first-order valence-corrected chi connectivity index (χ1v) is 8.92. The molecule has 0 spiro atoms. The molecule has 0 saturated heterocycles. The van der Waals surface area contributed by atoms with E-state index in [2.05, 4.69) is 26.2 Å². The molecule has 0 aliphatic heterocycles. The normalized spacial score (nSPS) is 12.1. The van der Waals surface area contributed by atoms with E-state index in [-0.39, 0.29) is 24.5 Å². The van der Waals surface area contributed by atoms with E-state index in [0.29, 0.717) is 15.4 Å². The summed E-state index contributed by atoms with van der Waals surface area (Å²) in [6, 6.07) is 10.1. The summed E-state index contributed by atoms with van der Waals surface area (Å²) in [5.41, 5.74) is 6.79. The lowest BCUT2D eigenvalue weighted by molar-refractivity contribution is -0.121. The van der Waals surface area contributed by atoms with E-state index < -0.39 is 23.5 Å². The number of carbonyl (C=O) groups is 2. The van der Waals surface area contributed by atoms with Crippen LogP contribution in [0.4, 0.5) is 8.78 Å². The van der Waals surface area contributed by atoms with Crippen LogP contribution in [-0.2, 0) is 11.2 Å². The SMILES string of the molecule is NC(=O)C(CNC(=O)c1cc2c(F)cc(Br)cc2[nH]1)Cc1ccc(F)cc1. The van der Waals surface area contributed by atoms with Gasteiger partial charge in [-0.05, 0) is 42.3 Å². The number of aromatic nitrogens is 1. The summed E-state index contributed by atoms with van der Waals surface area (Å²) in [4.78, 5) is 26.9. The van der Waals surface area contributed by atoms with Crippen LogP contribution in [0.2, 0.25) is 0 Å². The summed E-state index contributed by atoms with van der Waals surface area (Å²) in [5, 5.41) is 2.92. The maximum absolute atomic E-state index is 13.9. The van der Waals surface area contributed by atoms with Crippen LogP contribution in [0.15, 0.2) is 46.9 Å². The van der Waals surface area contributed by atoms with Gasteiger partial charge in [-0.25, -0.2) is 8.78 Å². The zero-order valence-electron chi connectivity index (χ0n) is 14.1. The van der Waals surface area contributed by atoms with E-state index in [1.807, 2.05) is 0 Å². The molecule has 0 aliphatic rings. The van der Waals surface area contributed by atoms with Crippen LogP contribution in [0.25, 0.3) is 10.9 Å². The number of fused-ring (bicyclic) bond motifs is 1. The molecule has 0 bridgehead atoms. The molecule has 0 radical (unpaired) electrons. The van der Waals surface area contributed by atoms with Gasteiger partial charge < -0.3 is 16.0 Å². The van der Waals surface area contributed by atoms with Crippen LogP contribution < -0.4 is 11.1 Å². The number of halogens is 3. The molecule has 1 aromatic heterocycles. The fourth-order valence-electron chi connectivity index (χ4n) is 2.77. The summed E-state index contributed by atoms with van der Waals surface area (Å²) in [5.74, 6) is -2.55. The fraction of sp³-hybridized carbons (Fsp3) is 0.158. The lowest BCUT2D eigenvalue weighted by atomic mass is 9.98. The summed E-state index contributed by atoms with van der Waals surface area (Å²) in [6.07, 6.45) is 0.268. The van der Waals surface area contributed by atoms with Crippen LogP contribution in [0.1, 0.15) is 16.1 Å². The Balaban J connectivity index is 1.70. The summed E-state index contributed by atoms with van der Waals surface area (Å²) in [7, 11) is 0. The van der Waals surface area contributed by atoms with Crippen LogP contribution in [-0.4, -0.2) is 23.3 Å². The zero-order chi connectivity index (χ0) is 19.6. The van der Waals surface area contributed by atoms with Crippen LogP contribution >= 0.6 is 15.9 Å². The number of primary amides is 1. The molecular formula is C19H16BrF2N3O2. The topological polar surface area (TPSA) is 88.0 Å². The number of amides is 2. The van der Waals surface area contributed by atoms with Crippen molar-refractivity contribution in [2.75, 3.05) is 6.54 Å². The minimum absolute atomic E-state index is 0.00703. The van der Waals surface area contributed by atoms with Crippen LogP contribution in [0.3, 0.4) is 0 Å². The molecule has 4 N–H and O–H groups in total. The average Bonchev–Trinajstić information content (AvgIpc) is 3.04. The number of hydrogen-bond acceptors (Lipinski definition) is 2. The number of benzene rings is 2. The minimum Gasteiger partial charge on any atom is -0.369 e.